The van der Waals surface area contributed by atoms with Crippen molar-refractivity contribution in [2.75, 3.05) is 18.0 Å². The van der Waals surface area contributed by atoms with Crippen LogP contribution in [0.2, 0.25) is 0 Å². The maximum atomic E-state index is 13.1. The lowest BCUT2D eigenvalue weighted by Crippen LogP contribution is -2.35. The normalized spacial score (nSPS) is 17.5. The number of hydrogen-bond donors (Lipinski definition) is 1. The number of benzene rings is 2. The molecule has 4 aromatic rings. The van der Waals surface area contributed by atoms with Gasteiger partial charge in [0, 0.05) is 18.7 Å². The van der Waals surface area contributed by atoms with Crippen molar-refractivity contribution >= 4 is 17.0 Å². The number of fused-ring (bicyclic) bond motifs is 1. The highest BCUT2D eigenvalue weighted by Gasteiger charge is 2.27. The molecule has 5 rings (SSSR count). The molecule has 6 nitrogen and oxygen atoms in total. The Hall–Kier alpha value is -3.22. The summed E-state index contributed by atoms with van der Waals surface area (Å²) in [7, 11) is 0. The molecular weight excluding hydrogens is 345 g/mol. The molecular formula is C20H18FN5O. The van der Waals surface area contributed by atoms with Crippen LogP contribution in [0.15, 0.2) is 53.1 Å². The molecule has 0 amide bonds. The van der Waals surface area contributed by atoms with Gasteiger partial charge >= 0.3 is 0 Å². The first kappa shape index (κ1) is 16.0. The number of aromatic nitrogens is 4. The smallest absolute Gasteiger partial charge is 0.231 e. The molecule has 1 atom stereocenters. The molecule has 1 fully saturated rings. The van der Waals surface area contributed by atoms with Gasteiger partial charge in [-0.05, 0) is 49.2 Å². The lowest BCUT2D eigenvalue weighted by Gasteiger charge is -2.30. The predicted octanol–water partition coefficient (Wildman–Crippen LogP) is 4.14. The van der Waals surface area contributed by atoms with Crippen LogP contribution in [0.5, 0.6) is 0 Å². The summed E-state index contributed by atoms with van der Waals surface area (Å²) in [6, 6.07) is 14.1. The molecule has 1 saturated heterocycles. The van der Waals surface area contributed by atoms with E-state index < -0.39 is 0 Å². The number of piperidine rings is 1. The molecule has 1 aliphatic rings. The zero-order valence-electron chi connectivity index (χ0n) is 14.6. The largest absolute Gasteiger partial charge is 0.342 e. The molecule has 2 aromatic carbocycles. The van der Waals surface area contributed by atoms with Gasteiger partial charge < -0.3 is 14.4 Å². The first-order valence-corrected chi connectivity index (χ1v) is 9.05. The number of nitrogens with one attached hydrogen (secondary N) is 1. The summed E-state index contributed by atoms with van der Waals surface area (Å²) in [5.74, 6) is 1.85. The van der Waals surface area contributed by atoms with Crippen LogP contribution >= 0.6 is 0 Å². The summed E-state index contributed by atoms with van der Waals surface area (Å²) in [5, 5.41) is 4.07. The Morgan fingerprint density at radius 1 is 1.07 bits per heavy atom. The number of imidazole rings is 1. The highest BCUT2D eigenvalue weighted by atomic mass is 19.1. The van der Waals surface area contributed by atoms with Gasteiger partial charge in [-0.15, -0.1) is 0 Å². The van der Waals surface area contributed by atoms with Crippen LogP contribution < -0.4 is 4.90 Å². The average molecular weight is 363 g/mol. The van der Waals surface area contributed by atoms with Gasteiger partial charge in [0.05, 0.1) is 17.0 Å². The number of rotatable bonds is 3. The molecule has 0 saturated carbocycles. The van der Waals surface area contributed by atoms with Gasteiger partial charge in [0.2, 0.25) is 17.7 Å². The van der Waals surface area contributed by atoms with Crippen LogP contribution in [-0.4, -0.2) is 33.2 Å². The van der Waals surface area contributed by atoms with Gasteiger partial charge in [-0.1, -0.05) is 17.3 Å². The van der Waals surface area contributed by atoms with E-state index in [-0.39, 0.29) is 11.7 Å². The minimum Gasteiger partial charge on any atom is -0.342 e. The third-order valence-corrected chi connectivity index (χ3v) is 4.99. The second-order valence-corrected chi connectivity index (χ2v) is 6.83. The quantitative estimate of drug-likeness (QED) is 0.592. The van der Waals surface area contributed by atoms with Crippen molar-refractivity contribution in [1.29, 1.82) is 0 Å². The Balaban J connectivity index is 1.37. The van der Waals surface area contributed by atoms with Gasteiger partial charge in [-0.25, -0.2) is 9.37 Å². The SMILES string of the molecule is Fc1ccc(-c2noc(C3CCCN(c4nc5ccccc5[nH]4)C3)n2)cc1. The fourth-order valence-corrected chi connectivity index (χ4v) is 3.58. The molecule has 1 unspecified atom stereocenters. The predicted molar refractivity (Wildman–Crippen MR) is 100.0 cm³/mol. The van der Waals surface area contributed by atoms with E-state index in [4.69, 9.17) is 9.51 Å². The van der Waals surface area contributed by atoms with E-state index in [2.05, 4.69) is 20.0 Å². The van der Waals surface area contributed by atoms with Gasteiger partial charge in [-0.2, -0.15) is 4.98 Å². The Kier molecular flexibility index (Phi) is 3.85. The van der Waals surface area contributed by atoms with Crippen molar-refractivity contribution < 1.29 is 8.91 Å². The van der Waals surface area contributed by atoms with Gasteiger partial charge in [-0.3, -0.25) is 0 Å². The summed E-state index contributed by atoms with van der Waals surface area (Å²) in [6.07, 6.45) is 2.01. The number of aromatic amines is 1. The van der Waals surface area contributed by atoms with Gasteiger partial charge in [0.15, 0.2) is 0 Å². The van der Waals surface area contributed by atoms with Crippen molar-refractivity contribution in [3.8, 4) is 11.4 Å². The topological polar surface area (TPSA) is 70.8 Å². The lowest BCUT2D eigenvalue weighted by molar-refractivity contribution is 0.333. The minimum absolute atomic E-state index is 0.147. The number of H-pyrrole nitrogens is 1. The highest BCUT2D eigenvalue weighted by molar-refractivity contribution is 5.77. The van der Waals surface area contributed by atoms with E-state index in [1.807, 2.05) is 24.3 Å². The molecule has 2 aromatic heterocycles. The average Bonchev–Trinajstić information content (AvgIpc) is 3.36. The standard InChI is InChI=1S/C20H18FN5O/c21-15-9-7-13(8-10-15)18-24-19(27-25-18)14-4-3-11-26(12-14)20-22-16-5-1-2-6-17(16)23-20/h1-2,5-10,14H,3-4,11-12H2,(H,22,23). The number of anilines is 1. The van der Waals surface area contributed by atoms with Crippen molar-refractivity contribution in [1.82, 2.24) is 20.1 Å². The first-order chi connectivity index (χ1) is 13.3. The zero-order valence-corrected chi connectivity index (χ0v) is 14.6. The van der Waals surface area contributed by atoms with Crippen molar-refractivity contribution in [3.05, 3.63) is 60.2 Å². The second-order valence-electron chi connectivity index (χ2n) is 6.83. The van der Waals surface area contributed by atoms with E-state index in [1.54, 1.807) is 12.1 Å². The molecule has 0 spiro atoms. The minimum atomic E-state index is -0.281. The third-order valence-electron chi connectivity index (χ3n) is 4.99. The van der Waals surface area contributed by atoms with Crippen molar-refractivity contribution in [2.24, 2.45) is 0 Å². The second kappa shape index (κ2) is 6.50. The van der Waals surface area contributed by atoms with Gasteiger partial charge in [0.1, 0.15) is 5.82 Å². The lowest BCUT2D eigenvalue weighted by atomic mass is 9.98. The maximum Gasteiger partial charge on any atom is 0.231 e. The summed E-state index contributed by atoms with van der Waals surface area (Å²) in [4.78, 5) is 14.9. The van der Waals surface area contributed by atoms with Crippen molar-refractivity contribution in [2.45, 2.75) is 18.8 Å². The first-order valence-electron chi connectivity index (χ1n) is 9.05. The number of halogens is 1. The van der Waals surface area contributed by atoms with Crippen LogP contribution in [0.25, 0.3) is 22.4 Å². The van der Waals surface area contributed by atoms with E-state index in [1.165, 1.54) is 12.1 Å². The molecule has 0 bridgehead atoms. The zero-order chi connectivity index (χ0) is 18.2. The molecule has 7 heteroatoms. The van der Waals surface area contributed by atoms with E-state index in [0.29, 0.717) is 11.7 Å². The molecule has 3 heterocycles. The van der Waals surface area contributed by atoms with E-state index in [9.17, 15) is 4.39 Å². The van der Waals surface area contributed by atoms with E-state index >= 15 is 0 Å². The monoisotopic (exact) mass is 363 g/mol. The Morgan fingerprint density at radius 3 is 2.78 bits per heavy atom. The summed E-state index contributed by atoms with van der Waals surface area (Å²) in [6.45, 7) is 1.71. The Labute approximate surface area is 155 Å². The Bertz CT molecular complexity index is 1040. The van der Waals surface area contributed by atoms with Crippen LogP contribution in [0, 0.1) is 5.82 Å². The summed E-state index contributed by atoms with van der Waals surface area (Å²) < 4.78 is 18.6. The summed E-state index contributed by atoms with van der Waals surface area (Å²) in [5.41, 5.74) is 2.74. The molecule has 1 N–H and O–H groups in total. The van der Waals surface area contributed by atoms with Crippen LogP contribution in [0.1, 0.15) is 24.7 Å². The fourth-order valence-electron chi connectivity index (χ4n) is 3.58. The Morgan fingerprint density at radius 2 is 1.93 bits per heavy atom. The van der Waals surface area contributed by atoms with Crippen LogP contribution in [0.4, 0.5) is 10.3 Å². The van der Waals surface area contributed by atoms with Crippen molar-refractivity contribution in [3.63, 3.8) is 0 Å². The molecule has 1 aliphatic heterocycles. The third kappa shape index (κ3) is 3.05. The highest BCUT2D eigenvalue weighted by Crippen LogP contribution is 2.30. The number of hydrogen-bond acceptors (Lipinski definition) is 5. The molecule has 0 aliphatic carbocycles. The summed E-state index contributed by atoms with van der Waals surface area (Å²) >= 11 is 0. The van der Waals surface area contributed by atoms with Crippen LogP contribution in [0.3, 0.4) is 0 Å². The number of nitrogens with zero attached hydrogens (tertiary/aromatic N) is 4. The van der Waals surface area contributed by atoms with Crippen LogP contribution in [-0.2, 0) is 0 Å². The van der Waals surface area contributed by atoms with E-state index in [0.717, 1.165) is 48.5 Å². The molecule has 0 radical (unpaired) electrons. The fraction of sp³-hybridized carbons (Fsp3) is 0.250. The number of para-hydroxylation sites is 2. The maximum absolute atomic E-state index is 13.1. The molecule has 27 heavy (non-hydrogen) atoms. The van der Waals surface area contributed by atoms with Gasteiger partial charge in [0.25, 0.3) is 0 Å². The molecule has 136 valence electrons.